The topological polar surface area (TPSA) is 49.8 Å². The summed E-state index contributed by atoms with van der Waals surface area (Å²) in [6.07, 6.45) is 0.145. The van der Waals surface area contributed by atoms with Crippen molar-refractivity contribution in [3.8, 4) is 17.9 Å². The van der Waals surface area contributed by atoms with Gasteiger partial charge in [-0.2, -0.15) is 5.26 Å². The van der Waals surface area contributed by atoms with Crippen molar-refractivity contribution < 1.29 is 4.39 Å². The summed E-state index contributed by atoms with van der Waals surface area (Å²) in [6.45, 7) is 0. The van der Waals surface area contributed by atoms with Crippen molar-refractivity contribution in [1.29, 1.82) is 5.26 Å². The van der Waals surface area contributed by atoms with Gasteiger partial charge in [0.1, 0.15) is 5.82 Å². The number of halogens is 1. The average molecular weight is 174 g/mol. The van der Waals surface area contributed by atoms with E-state index in [-0.39, 0.29) is 12.1 Å². The molecular formula is C10H7FN2. The molecule has 0 spiro atoms. The zero-order chi connectivity index (χ0) is 9.68. The van der Waals surface area contributed by atoms with Crippen LogP contribution in [0.3, 0.4) is 0 Å². The summed E-state index contributed by atoms with van der Waals surface area (Å²) in [5, 5.41) is 8.20. The van der Waals surface area contributed by atoms with Crippen LogP contribution in [0.15, 0.2) is 18.2 Å². The van der Waals surface area contributed by atoms with Crippen LogP contribution in [-0.4, -0.2) is 0 Å². The highest BCUT2D eigenvalue weighted by molar-refractivity contribution is 5.46. The lowest BCUT2D eigenvalue weighted by Gasteiger charge is -1.95. The fourth-order valence-corrected chi connectivity index (χ4v) is 0.791. The van der Waals surface area contributed by atoms with Crippen LogP contribution < -0.4 is 5.73 Å². The van der Waals surface area contributed by atoms with Crippen LogP contribution in [-0.2, 0) is 0 Å². The zero-order valence-electron chi connectivity index (χ0n) is 6.84. The molecule has 0 radical (unpaired) electrons. The molecule has 0 aliphatic rings. The van der Waals surface area contributed by atoms with E-state index in [1.807, 2.05) is 6.07 Å². The minimum absolute atomic E-state index is 0.103. The lowest BCUT2D eigenvalue weighted by molar-refractivity contribution is 0.632. The number of benzene rings is 1. The Morgan fingerprint density at radius 1 is 1.46 bits per heavy atom. The third-order valence-corrected chi connectivity index (χ3v) is 1.40. The van der Waals surface area contributed by atoms with Crippen LogP contribution in [0.2, 0.25) is 0 Å². The van der Waals surface area contributed by atoms with Crippen molar-refractivity contribution in [3.05, 3.63) is 29.6 Å². The average Bonchev–Trinajstić information content (AvgIpc) is 2.12. The smallest absolute Gasteiger partial charge is 0.147 e. The van der Waals surface area contributed by atoms with E-state index in [0.717, 1.165) is 0 Å². The van der Waals surface area contributed by atoms with Gasteiger partial charge in [-0.3, -0.25) is 0 Å². The Morgan fingerprint density at radius 2 is 2.23 bits per heavy atom. The number of rotatable bonds is 0. The molecule has 0 aliphatic heterocycles. The van der Waals surface area contributed by atoms with Gasteiger partial charge >= 0.3 is 0 Å². The van der Waals surface area contributed by atoms with E-state index in [2.05, 4.69) is 11.8 Å². The molecule has 13 heavy (non-hydrogen) atoms. The van der Waals surface area contributed by atoms with E-state index in [4.69, 9.17) is 11.0 Å². The van der Waals surface area contributed by atoms with Gasteiger partial charge in [-0.05, 0) is 18.2 Å². The van der Waals surface area contributed by atoms with Gasteiger partial charge in [0.25, 0.3) is 0 Å². The van der Waals surface area contributed by atoms with Crippen molar-refractivity contribution in [2.45, 2.75) is 6.42 Å². The fourth-order valence-electron chi connectivity index (χ4n) is 0.791. The maximum Gasteiger partial charge on any atom is 0.147 e. The number of anilines is 1. The van der Waals surface area contributed by atoms with Crippen molar-refractivity contribution in [1.82, 2.24) is 0 Å². The molecule has 0 aliphatic carbocycles. The minimum Gasteiger partial charge on any atom is -0.396 e. The highest BCUT2D eigenvalue weighted by atomic mass is 19.1. The standard InChI is InChI=1S/C10H7FN2/c11-9-7-8(3-1-2-6-12)4-5-10(9)13/h4-5,7H,2,13H2. The van der Waals surface area contributed by atoms with E-state index in [1.54, 1.807) is 6.07 Å². The molecule has 1 aromatic carbocycles. The molecule has 2 nitrogen and oxygen atoms in total. The lowest BCUT2D eigenvalue weighted by atomic mass is 10.2. The lowest BCUT2D eigenvalue weighted by Crippen LogP contribution is -1.90. The quantitative estimate of drug-likeness (QED) is 0.480. The van der Waals surface area contributed by atoms with E-state index in [9.17, 15) is 4.39 Å². The van der Waals surface area contributed by atoms with Gasteiger partial charge in [-0.15, -0.1) is 0 Å². The van der Waals surface area contributed by atoms with Crippen molar-refractivity contribution in [3.63, 3.8) is 0 Å². The molecule has 0 heterocycles. The first-order valence-corrected chi connectivity index (χ1v) is 3.65. The predicted octanol–water partition coefficient (Wildman–Crippen LogP) is 1.67. The molecule has 0 saturated heterocycles. The second-order valence-corrected chi connectivity index (χ2v) is 2.37. The second kappa shape index (κ2) is 4.13. The zero-order valence-corrected chi connectivity index (χ0v) is 6.84. The molecule has 3 heteroatoms. The summed E-state index contributed by atoms with van der Waals surface area (Å²) < 4.78 is 12.8. The maximum atomic E-state index is 12.8. The Labute approximate surface area is 75.8 Å². The molecule has 0 atom stereocenters. The van der Waals surface area contributed by atoms with Gasteiger partial charge in [-0.25, -0.2) is 4.39 Å². The Balaban J connectivity index is 2.89. The molecule has 1 rings (SSSR count). The minimum atomic E-state index is -0.483. The van der Waals surface area contributed by atoms with Crippen LogP contribution in [0.1, 0.15) is 12.0 Å². The number of nitrogens with two attached hydrogens (primary N) is 1. The largest absolute Gasteiger partial charge is 0.396 e. The SMILES string of the molecule is N#CCC#Cc1ccc(N)c(F)c1. The number of nitriles is 1. The summed E-state index contributed by atoms with van der Waals surface area (Å²) in [5.41, 5.74) is 5.90. The van der Waals surface area contributed by atoms with Crippen molar-refractivity contribution in [2.75, 3.05) is 5.73 Å². The Bertz CT molecular complexity index is 407. The summed E-state index contributed by atoms with van der Waals surface area (Å²) in [6, 6.07) is 6.19. The van der Waals surface area contributed by atoms with Crippen LogP contribution >= 0.6 is 0 Å². The van der Waals surface area contributed by atoms with E-state index in [1.165, 1.54) is 12.1 Å². The highest BCUT2D eigenvalue weighted by Crippen LogP contribution is 2.10. The first kappa shape index (κ1) is 9.09. The Kier molecular flexibility index (Phi) is 2.89. The van der Waals surface area contributed by atoms with Crippen molar-refractivity contribution >= 4 is 5.69 Å². The third-order valence-electron chi connectivity index (χ3n) is 1.40. The van der Waals surface area contributed by atoms with Gasteiger partial charge in [-0.1, -0.05) is 11.8 Å². The number of hydrogen-bond acceptors (Lipinski definition) is 2. The fraction of sp³-hybridized carbons (Fsp3) is 0.100. The number of nitrogen functional groups attached to an aromatic ring is 1. The van der Waals surface area contributed by atoms with Crippen LogP contribution in [0.4, 0.5) is 10.1 Å². The first-order valence-electron chi connectivity index (χ1n) is 3.65. The van der Waals surface area contributed by atoms with Crippen LogP contribution in [0.25, 0.3) is 0 Å². The Morgan fingerprint density at radius 3 is 2.85 bits per heavy atom. The van der Waals surface area contributed by atoms with Gasteiger partial charge in [0.2, 0.25) is 0 Å². The first-order chi connectivity index (χ1) is 6.24. The summed E-state index contributed by atoms with van der Waals surface area (Å²) in [5.74, 6) is 4.74. The van der Waals surface area contributed by atoms with Gasteiger partial charge in [0.15, 0.2) is 0 Å². The molecule has 0 aromatic heterocycles. The Hall–Kier alpha value is -2.00. The molecule has 0 saturated carbocycles. The molecular weight excluding hydrogens is 167 g/mol. The van der Waals surface area contributed by atoms with E-state index < -0.39 is 5.82 Å². The van der Waals surface area contributed by atoms with E-state index >= 15 is 0 Å². The van der Waals surface area contributed by atoms with E-state index in [0.29, 0.717) is 5.56 Å². The molecule has 0 bridgehead atoms. The summed E-state index contributed by atoms with van der Waals surface area (Å²) in [7, 11) is 0. The summed E-state index contributed by atoms with van der Waals surface area (Å²) >= 11 is 0. The van der Waals surface area contributed by atoms with Gasteiger partial charge in [0, 0.05) is 5.56 Å². The van der Waals surface area contributed by atoms with Crippen LogP contribution in [0, 0.1) is 29.0 Å². The van der Waals surface area contributed by atoms with Gasteiger partial charge in [0.05, 0.1) is 18.2 Å². The molecule has 64 valence electrons. The molecule has 0 amide bonds. The molecule has 2 N–H and O–H groups in total. The molecule has 1 aromatic rings. The maximum absolute atomic E-state index is 12.8. The number of nitrogens with zero attached hydrogens (tertiary/aromatic N) is 1. The number of hydrogen-bond donors (Lipinski definition) is 1. The highest BCUT2D eigenvalue weighted by Gasteiger charge is 1.96. The summed E-state index contributed by atoms with van der Waals surface area (Å²) in [4.78, 5) is 0. The molecule has 0 unspecified atom stereocenters. The molecule has 0 fully saturated rings. The second-order valence-electron chi connectivity index (χ2n) is 2.37. The van der Waals surface area contributed by atoms with Crippen LogP contribution in [0.5, 0.6) is 0 Å². The third kappa shape index (κ3) is 2.50. The van der Waals surface area contributed by atoms with Gasteiger partial charge < -0.3 is 5.73 Å². The van der Waals surface area contributed by atoms with Crippen molar-refractivity contribution in [2.24, 2.45) is 0 Å². The normalized spacial score (nSPS) is 8.31. The predicted molar refractivity (Wildman–Crippen MR) is 47.9 cm³/mol. The monoisotopic (exact) mass is 174 g/mol.